The second-order valence-corrected chi connectivity index (χ2v) is 8.89. The molecule has 0 unspecified atom stereocenters. The Labute approximate surface area is 137 Å². The number of nitrogens with zero attached hydrogens (tertiary/aromatic N) is 3. The Kier molecular flexibility index (Phi) is 5.95. The molecule has 1 aliphatic carbocycles. The lowest BCUT2D eigenvalue weighted by Crippen LogP contribution is -2.34. The maximum atomic E-state index is 12.5. The Balaban J connectivity index is 2.11. The Morgan fingerprint density at radius 3 is 2.91 bits per heavy atom. The highest BCUT2D eigenvalue weighted by Gasteiger charge is 2.32. The number of rotatable bonds is 7. The van der Waals surface area contributed by atoms with Crippen molar-refractivity contribution in [3.63, 3.8) is 0 Å². The van der Waals surface area contributed by atoms with Gasteiger partial charge in [0, 0.05) is 18.3 Å². The van der Waals surface area contributed by atoms with E-state index in [9.17, 15) is 8.42 Å². The monoisotopic (exact) mass is 341 g/mol. The minimum Gasteiger partial charge on any atom is -0.246 e. The molecule has 1 aliphatic rings. The normalized spacial score (nSPS) is 18.2. The molecule has 0 fully saturated rings. The molecule has 0 saturated carbocycles. The van der Waals surface area contributed by atoms with Gasteiger partial charge in [0.2, 0.25) is 10.0 Å². The molecular weight excluding hydrogens is 318 g/mol. The largest absolute Gasteiger partial charge is 0.246 e. The van der Waals surface area contributed by atoms with Crippen LogP contribution in [0.25, 0.3) is 0 Å². The molecule has 1 aromatic rings. The molecule has 0 N–H and O–H groups in total. The van der Waals surface area contributed by atoms with E-state index < -0.39 is 10.0 Å². The van der Waals surface area contributed by atoms with Crippen molar-refractivity contribution in [1.82, 2.24) is 9.29 Å². The summed E-state index contributed by atoms with van der Waals surface area (Å²) in [6.45, 7) is 2.08. The summed E-state index contributed by atoms with van der Waals surface area (Å²) < 4.78 is 26.5. The van der Waals surface area contributed by atoms with Gasteiger partial charge in [0.15, 0.2) is 0 Å². The molecule has 2 rings (SSSR count). The van der Waals surface area contributed by atoms with Crippen LogP contribution < -0.4 is 0 Å². The van der Waals surface area contributed by atoms with Crippen LogP contribution in [-0.2, 0) is 22.9 Å². The average Bonchev–Trinajstić information content (AvgIpc) is 2.94. The van der Waals surface area contributed by atoms with Crippen LogP contribution in [0.15, 0.2) is 0 Å². The van der Waals surface area contributed by atoms with Gasteiger partial charge >= 0.3 is 0 Å². The first-order chi connectivity index (χ1) is 10.5. The maximum Gasteiger partial charge on any atom is 0.214 e. The van der Waals surface area contributed by atoms with E-state index in [-0.39, 0.29) is 11.8 Å². The van der Waals surface area contributed by atoms with Crippen LogP contribution in [-0.4, -0.2) is 30.5 Å². The predicted octanol–water partition coefficient (Wildman–Crippen LogP) is 3.04. The summed E-state index contributed by atoms with van der Waals surface area (Å²) >= 11 is 1.66. The molecule has 1 atom stereocenters. The van der Waals surface area contributed by atoms with E-state index in [1.165, 1.54) is 4.31 Å². The molecule has 7 heteroatoms. The summed E-state index contributed by atoms with van der Waals surface area (Å²) in [5.74, 6) is 0.121. The highest BCUT2D eigenvalue weighted by Crippen LogP contribution is 2.38. The molecule has 0 saturated heterocycles. The summed E-state index contributed by atoms with van der Waals surface area (Å²) in [5, 5.41) is 9.62. The molecule has 22 heavy (non-hydrogen) atoms. The molecule has 122 valence electrons. The topological polar surface area (TPSA) is 74.1 Å². The van der Waals surface area contributed by atoms with E-state index >= 15 is 0 Å². The first-order valence-electron chi connectivity index (χ1n) is 7.80. The Bertz CT molecular complexity index is 646. The third kappa shape index (κ3) is 3.86. The number of hydrogen-bond donors (Lipinski definition) is 0. The number of aromatic nitrogens is 1. The second-order valence-electron chi connectivity index (χ2n) is 5.63. The summed E-state index contributed by atoms with van der Waals surface area (Å²) in [5.41, 5.74) is 1.09. The van der Waals surface area contributed by atoms with E-state index in [0.717, 1.165) is 41.3 Å². The van der Waals surface area contributed by atoms with E-state index in [1.807, 2.05) is 0 Å². The molecule has 0 aromatic carbocycles. The fraction of sp³-hybridized carbons (Fsp3) is 0.733. The number of unbranched alkanes of at least 4 members (excludes halogenated alkanes) is 2. The molecular formula is C15H23N3O2S2. The van der Waals surface area contributed by atoms with Crippen molar-refractivity contribution in [2.75, 3.05) is 12.8 Å². The lowest BCUT2D eigenvalue weighted by atomic mass is 9.98. The van der Waals surface area contributed by atoms with Crippen LogP contribution >= 0.6 is 11.3 Å². The van der Waals surface area contributed by atoms with Crippen molar-refractivity contribution < 1.29 is 8.42 Å². The zero-order valence-corrected chi connectivity index (χ0v) is 14.8. The van der Waals surface area contributed by atoms with Gasteiger partial charge < -0.3 is 0 Å². The molecule has 0 spiro atoms. The Morgan fingerprint density at radius 1 is 1.45 bits per heavy atom. The van der Waals surface area contributed by atoms with Crippen LogP contribution in [0.3, 0.4) is 0 Å². The fourth-order valence-corrected chi connectivity index (χ4v) is 5.53. The lowest BCUT2D eigenvalue weighted by molar-refractivity contribution is 0.340. The third-order valence-electron chi connectivity index (χ3n) is 4.09. The number of hydrogen-bond acceptors (Lipinski definition) is 5. The van der Waals surface area contributed by atoms with Gasteiger partial charge in [-0.3, -0.25) is 0 Å². The van der Waals surface area contributed by atoms with Gasteiger partial charge in [0.05, 0.1) is 28.6 Å². The summed E-state index contributed by atoms with van der Waals surface area (Å²) in [4.78, 5) is 5.76. The van der Waals surface area contributed by atoms with Crippen molar-refractivity contribution in [1.29, 1.82) is 5.26 Å². The zero-order valence-electron chi connectivity index (χ0n) is 13.2. The standard InChI is InChI=1S/C15H23N3O2S2/c1-3-14-17-12-8-7-9-13(15(12)21-14)18(2)22(19,20)11-6-4-5-10-16/h13H,3-9,11H2,1-2H3/t13-/m1/s1. The predicted molar refractivity (Wildman–Crippen MR) is 88.2 cm³/mol. The van der Waals surface area contributed by atoms with E-state index in [1.54, 1.807) is 18.4 Å². The van der Waals surface area contributed by atoms with Crippen LogP contribution in [0.2, 0.25) is 0 Å². The van der Waals surface area contributed by atoms with Gasteiger partial charge in [-0.1, -0.05) is 6.92 Å². The van der Waals surface area contributed by atoms with Crippen LogP contribution in [0.5, 0.6) is 0 Å². The second kappa shape index (κ2) is 7.53. The van der Waals surface area contributed by atoms with Gasteiger partial charge in [-0.15, -0.1) is 11.3 Å². The Hall–Kier alpha value is -0.970. The number of nitriles is 1. The minimum atomic E-state index is -3.28. The third-order valence-corrected chi connectivity index (χ3v) is 7.37. The van der Waals surface area contributed by atoms with Crippen LogP contribution in [0.1, 0.15) is 60.6 Å². The number of sulfonamides is 1. The van der Waals surface area contributed by atoms with Crippen molar-refractivity contribution in [3.05, 3.63) is 15.6 Å². The zero-order chi connectivity index (χ0) is 16.2. The number of aryl methyl sites for hydroxylation is 2. The first-order valence-corrected chi connectivity index (χ1v) is 10.2. The molecule has 1 heterocycles. The van der Waals surface area contributed by atoms with Crippen molar-refractivity contribution in [2.45, 2.75) is 57.9 Å². The molecule has 5 nitrogen and oxygen atoms in total. The summed E-state index contributed by atoms with van der Waals surface area (Å²) in [6, 6.07) is 1.99. The molecule has 0 aliphatic heterocycles. The quantitative estimate of drug-likeness (QED) is 0.715. The van der Waals surface area contributed by atoms with Crippen LogP contribution in [0.4, 0.5) is 0 Å². The van der Waals surface area contributed by atoms with Gasteiger partial charge in [-0.2, -0.15) is 9.57 Å². The van der Waals surface area contributed by atoms with Gasteiger partial charge in [-0.25, -0.2) is 13.4 Å². The van der Waals surface area contributed by atoms with Crippen molar-refractivity contribution >= 4 is 21.4 Å². The van der Waals surface area contributed by atoms with E-state index in [0.29, 0.717) is 19.3 Å². The first kappa shape index (κ1) is 17.4. The van der Waals surface area contributed by atoms with Gasteiger partial charge in [-0.05, 0) is 38.5 Å². The summed E-state index contributed by atoms with van der Waals surface area (Å²) in [6.07, 6.45) is 5.31. The highest BCUT2D eigenvalue weighted by molar-refractivity contribution is 7.89. The minimum absolute atomic E-state index is 0.0671. The number of fused-ring (bicyclic) bond motifs is 1. The maximum absolute atomic E-state index is 12.5. The molecule has 0 bridgehead atoms. The van der Waals surface area contributed by atoms with Crippen molar-refractivity contribution in [3.8, 4) is 6.07 Å². The number of thiazole rings is 1. The molecule has 0 radical (unpaired) electrons. The van der Waals surface area contributed by atoms with Gasteiger partial charge in [0.1, 0.15) is 0 Å². The SMILES string of the molecule is CCc1nc2c(s1)[C@H](N(C)S(=O)(=O)CCCCC#N)CCC2. The summed E-state index contributed by atoms with van der Waals surface area (Å²) in [7, 11) is -1.59. The van der Waals surface area contributed by atoms with Crippen molar-refractivity contribution in [2.24, 2.45) is 0 Å². The van der Waals surface area contributed by atoms with E-state index in [4.69, 9.17) is 5.26 Å². The fourth-order valence-electron chi connectivity index (χ4n) is 2.77. The molecule has 0 amide bonds. The Morgan fingerprint density at radius 2 is 2.23 bits per heavy atom. The van der Waals surface area contributed by atoms with E-state index in [2.05, 4.69) is 18.0 Å². The van der Waals surface area contributed by atoms with Gasteiger partial charge in [0.25, 0.3) is 0 Å². The highest BCUT2D eigenvalue weighted by atomic mass is 32.2. The average molecular weight is 342 g/mol. The lowest BCUT2D eigenvalue weighted by Gasteiger charge is -2.29. The van der Waals surface area contributed by atoms with Crippen LogP contribution in [0, 0.1) is 11.3 Å². The smallest absolute Gasteiger partial charge is 0.214 e. The molecule has 1 aromatic heterocycles.